The van der Waals surface area contributed by atoms with Crippen molar-refractivity contribution in [2.45, 2.75) is 213 Å². The van der Waals surface area contributed by atoms with Gasteiger partial charge in [-0.3, -0.25) is 18.6 Å². The summed E-state index contributed by atoms with van der Waals surface area (Å²) in [6.45, 7) is 4.22. The van der Waals surface area contributed by atoms with E-state index < -0.39 is 26.5 Å². The summed E-state index contributed by atoms with van der Waals surface area (Å²) in [6.07, 6.45) is 42.1. The Balaban J connectivity index is 4.21. The van der Waals surface area contributed by atoms with Gasteiger partial charge in [-0.2, -0.15) is 0 Å². The maximum atomic E-state index is 12.6. The van der Waals surface area contributed by atoms with Crippen molar-refractivity contribution in [2.75, 3.05) is 33.4 Å². The maximum absolute atomic E-state index is 12.6. The summed E-state index contributed by atoms with van der Waals surface area (Å²) in [4.78, 5) is 35.1. The Labute approximate surface area is 332 Å². The zero-order chi connectivity index (χ0) is 39.6. The van der Waals surface area contributed by atoms with Gasteiger partial charge in [-0.05, 0) is 71.3 Å². The number of esters is 2. The van der Waals surface area contributed by atoms with E-state index >= 15 is 0 Å². The van der Waals surface area contributed by atoms with Crippen LogP contribution in [0.15, 0.2) is 24.3 Å². The second-order valence-electron chi connectivity index (χ2n) is 14.9. The van der Waals surface area contributed by atoms with Gasteiger partial charge in [0.1, 0.15) is 6.61 Å². The molecule has 0 aliphatic rings. The Bertz CT molecular complexity index is 944. The second kappa shape index (κ2) is 41.1. The number of phosphoric acid groups is 1. The SMILES string of the molecule is CCCCCCCC/C=C\CCCCCCCCCC(=O)OC(COC(=O)CCCCCCC/C=C\CCCCCCCC)COP(=O)(O)OCCNC. The third kappa shape index (κ3) is 40.2. The summed E-state index contributed by atoms with van der Waals surface area (Å²) in [5.41, 5.74) is 0. The van der Waals surface area contributed by atoms with Gasteiger partial charge in [0.05, 0.1) is 13.2 Å². The van der Waals surface area contributed by atoms with E-state index in [4.69, 9.17) is 18.5 Å². The van der Waals surface area contributed by atoms with Crippen LogP contribution >= 0.6 is 7.82 Å². The molecule has 0 fully saturated rings. The van der Waals surface area contributed by atoms with Crippen molar-refractivity contribution in [1.82, 2.24) is 5.32 Å². The Morgan fingerprint density at radius 2 is 0.944 bits per heavy atom. The molecule has 10 heteroatoms. The molecule has 0 heterocycles. The summed E-state index contributed by atoms with van der Waals surface area (Å²) in [5.74, 6) is -0.816. The normalized spacial score (nSPS) is 13.5. The molecule has 0 aromatic carbocycles. The van der Waals surface area contributed by atoms with Crippen LogP contribution in [0, 0.1) is 0 Å². The Hall–Kier alpha value is -1.51. The lowest BCUT2D eigenvalue weighted by atomic mass is 10.1. The van der Waals surface area contributed by atoms with Gasteiger partial charge in [0, 0.05) is 19.4 Å². The van der Waals surface area contributed by atoms with Gasteiger partial charge >= 0.3 is 19.8 Å². The van der Waals surface area contributed by atoms with E-state index in [-0.39, 0.29) is 32.0 Å². The van der Waals surface area contributed by atoms with E-state index in [1.165, 1.54) is 109 Å². The molecule has 0 aromatic heterocycles. The average Bonchev–Trinajstić information content (AvgIpc) is 3.15. The number of carbonyl (C=O) groups excluding carboxylic acids is 2. The predicted molar refractivity (Wildman–Crippen MR) is 225 cm³/mol. The lowest BCUT2D eigenvalue weighted by molar-refractivity contribution is -0.161. The number of likely N-dealkylation sites (N-methyl/N-ethyl adjacent to an activating group) is 1. The van der Waals surface area contributed by atoms with Crippen molar-refractivity contribution in [3.63, 3.8) is 0 Å². The number of rotatable bonds is 42. The monoisotopic (exact) mass is 786 g/mol. The zero-order valence-electron chi connectivity index (χ0n) is 35.2. The molecule has 0 spiro atoms. The number of hydrogen-bond acceptors (Lipinski definition) is 8. The summed E-state index contributed by atoms with van der Waals surface area (Å²) < 4.78 is 33.2. The molecule has 0 rings (SSSR count). The van der Waals surface area contributed by atoms with Gasteiger partial charge in [0.2, 0.25) is 0 Å². The highest BCUT2D eigenvalue weighted by molar-refractivity contribution is 7.47. The summed E-state index contributed by atoms with van der Waals surface area (Å²) in [6, 6.07) is 0. The van der Waals surface area contributed by atoms with Crippen LogP contribution < -0.4 is 5.32 Å². The van der Waals surface area contributed by atoms with Crippen molar-refractivity contribution in [3.8, 4) is 0 Å². The quantitative estimate of drug-likeness (QED) is 0.0270. The highest BCUT2D eigenvalue weighted by Gasteiger charge is 2.26. The molecule has 0 aliphatic carbocycles. The fourth-order valence-corrected chi connectivity index (χ4v) is 6.88. The molecule has 318 valence electrons. The van der Waals surface area contributed by atoms with Crippen LogP contribution in [0.5, 0.6) is 0 Å². The molecule has 2 unspecified atom stereocenters. The first-order valence-corrected chi connectivity index (χ1v) is 23.8. The number of allylic oxidation sites excluding steroid dienone is 4. The molecular formula is C44H84NO8P. The molecule has 0 saturated carbocycles. The fourth-order valence-electron chi connectivity index (χ4n) is 6.13. The van der Waals surface area contributed by atoms with Crippen LogP contribution in [-0.4, -0.2) is 56.3 Å². The molecule has 2 atom stereocenters. The number of nitrogens with one attached hydrogen (secondary N) is 1. The van der Waals surface area contributed by atoms with Gasteiger partial charge < -0.3 is 19.7 Å². The first-order chi connectivity index (χ1) is 26.3. The van der Waals surface area contributed by atoms with Gasteiger partial charge in [-0.25, -0.2) is 4.57 Å². The molecule has 0 bridgehead atoms. The largest absolute Gasteiger partial charge is 0.472 e. The van der Waals surface area contributed by atoms with E-state index in [1.54, 1.807) is 7.05 Å². The molecule has 2 N–H and O–H groups in total. The molecule has 0 aliphatic heterocycles. The molecule has 0 saturated heterocycles. The molecule has 0 radical (unpaired) electrons. The lowest BCUT2D eigenvalue weighted by Crippen LogP contribution is -2.29. The smallest absolute Gasteiger partial charge is 0.462 e. The first kappa shape index (κ1) is 52.5. The number of unbranched alkanes of at least 4 members (excludes halogenated alkanes) is 24. The minimum absolute atomic E-state index is 0.0178. The van der Waals surface area contributed by atoms with E-state index in [0.717, 1.165) is 64.2 Å². The molecule has 0 aromatic rings. The van der Waals surface area contributed by atoms with Crippen LogP contribution in [0.4, 0.5) is 0 Å². The van der Waals surface area contributed by atoms with Crippen molar-refractivity contribution in [3.05, 3.63) is 24.3 Å². The second-order valence-corrected chi connectivity index (χ2v) is 16.3. The number of phosphoric ester groups is 1. The van der Waals surface area contributed by atoms with Crippen molar-refractivity contribution >= 4 is 19.8 Å². The Morgan fingerprint density at radius 1 is 0.556 bits per heavy atom. The minimum Gasteiger partial charge on any atom is -0.462 e. The molecule has 54 heavy (non-hydrogen) atoms. The first-order valence-electron chi connectivity index (χ1n) is 22.3. The van der Waals surface area contributed by atoms with E-state index in [0.29, 0.717) is 13.0 Å². The number of ether oxygens (including phenoxy) is 2. The zero-order valence-corrected chi connectivity index (χ0v) is 36.1. The van der Waals surface area contributed by atoms with E-state index in [9.17, 15) is 19.0 Å². The average molecular weight is 786 g/mol. The minimum atomic E-state index is -4.35. The Morgan fingerprint density at radius 3 is 1.37 bits per heavy atom. The Kier molecular flexibility index (Phi) is 40.0. The van der Waals surface area contributed by atoms with Crippen molar-refractivity contribution in [1.29, 1.82) is 0 Å². The molecule has 0 amide bonds. The van der Waals surface area contributed by atoms with E-state index in [2.05, 4.69) is 43.5 Å². The van der Waals surface area contributed by atoms with Gasteiger partial charge in [0.15, 0.2) is 6.10 Å². The van der Waals surface area contributed by atoms with Gasteiger partial charge in [0.25, 0.3) is 0 Å². The number of carbonyl (C=O) groups is 2. The van der Waals surface area contributed by atoms with Gasteiger partial charge in [-0.1, -0.05) is 154 Å². The van der Waals surface area contributed by atoms with E-state index in [1.807, 2.05) is 0 Å². The molecular weight excluding hydrogens is 701 g/mol. The number of hydrogen-bond donors (Lipinski definition) is 2. The summed E-state index contributed by atoms with van der Waals surface area (Å²) in [7, 11) is -2.65. The van der Waals surface area contributed by atoms with Crippen LogP contribution in [0.1, 0.15) is 206 Å². The topological polar surface area (TPSA) is 120 Å². The van der Waals surface area contributed by atoms with Crippen LogP contribution in [0.25, 0.3) is 0 Å². The summed E-state index contributed by atoms with van der Waals surface area (Å²) in [5, 5.41) is 2.82. The van der Waals surface area contributed by atoms with Crippen LogP contribution in [-0.2, 0) is 32.7 Å². The van der Waals surface area contributed by atoms with Crippen molar-refractivity contribution in [2.24, 2.45) is 0 Å². The highest BCUT2D eigenvalue weighted by Crippen LogP contribution is 2.43. The summed E-state index contributed by atoms with van der Waals surface area (Å²) >= 11 is 0. The highest BCUT2D eigenvalue weighted by atomic mass is 31.2. The van der Waals surface area contributed by atoms with Gasteiger partial charge in [-0.15, -0.1) is 0 Å². The third-order valence-corrected chi connectivity index (χ3v) is 10.5. The standard InChI is InChI=1S/C44H84NO8P/c1-4-6-8-10-12-14-16-18-20-21-23-25-27-29-31-33-35-37-44(47)53-42(41-52-54(48,49)51-39-38-45-3)40-50-43(46)36-34-32-30-28-26-24-22-19-17-15-13-11-9-7-5-2/h18-20,22,42,45H,4-17,21,23-41H2,1-3H3,(H,48,49)/b20-18-,22-19-. The third-order valence-electron chi connectivity index (χ3n) is 9.54. The predicted octanol–water partition coefficient (Wildman–Crippen LogP) is 12.6. The molecule has 9 nitrogen and oxygen atoms in total. The van der Waals surface area contributed by atoms with Crippen LogP contribution in [0.2, 0.25) is 0 Å². The maximum Gasteiger partial charge on any atom is 0.472 e. The lowest BCUT2D eigenvalue weighted by Gasteiger charge is -2.20. The van der Waals surface area contributed by atoms with Crippen molar-refractivity contribution < 1.29 is 37.6 Å². The van der Waals surface area contributed by atoms with Crippen LogP contribution in [0.3, 0.4) is 0 Å². The fraction of sp³-hybridized carbons (Fsp3) is 0.864.